The van der Waals surface area contributed by atoms with Crippen molar-refractivity contribution in [3.63, 3.8) is 0 Å². The van der Waals surface area contributed by atoms with E-state index in [0.29, 0.717) is 5.69 Å². The van der Waals surface area contributed by atoms with Crippen molar-refractivity contribution in [2.75, 3.05) is 10.8 Å². The van der Waals surface area contributed by atoms with Crippen LogP contribution in [0.25, 0.3) is 0 Å². The maximum atomic E-state index is 12.7. The number of carbonyl (C=O) groups is 1. The first-order chi connectivity index (χ1) is 10.3. The third-order valence-corrected chi connectivity index (χ3v) is 5.00. The van der Waals surface area contributed by atoms with E-state index in [0.717, 1.165) is 27.8 Å². The number of benzene rings is 1. The summed E-state index contributed by atoms with van der Waals surface area (Å²) in [5, 5.41) is 8.53. The molecule has 0 aliphatic carbocycles. The molecule has 0 spiro atoms. The molecule has 2 aromatic rings. The van der Waals surface area contributed by atoms with Crippen molar-refractivity contribution >= 4 is 21.7 Å². The third kappa shape index (κ3) is 2.85. The van der Waals surface area contributed by atoms with E-state index < -0.39 is 21.1 Å². The molecule has 6 nitrogen and oxygen atoms in total. The van der Waals surface area contributed by atoms with Gasteiger partial charge in [-0.05, 0) is 50.1 Å². The monoisotopic (exact) mass is 323 g/mol. The number of hydrogen-bond donors (Lipinski definition) is 1. The molecule has 0 fully saturated rings. The number of hydrogen-bond acceptors (Lipinski definition) is 4. The molecule has 22 heavy (non-hydrogen) atoms. The molecule has 1 aromatic carbocycles. The summed E-state index contributed by atoms with van der Waals surface area (Å²) in [4.78, 5) is 11.1. The lowest BCUT2D eigenvalue weighted by atomic mass is 10.1. The van der Waals surface area contributed by atoms with Crippen LogP contribution < -0.4 is 4.31 Å². The highest BCUT2D eigenvalue weighted by Crippen LogP contribution is 2.28. The average Bonchev–Trinajstić information content (AvgIpc) is 2.87. The van der Waals surface area contributed by atoms with Crippen molar-refractivity contribution in [2.45, 2.75) is 25.9 Å². The number of furan rings is 1. The van der Waals surface area contributed by atoms with E-state index >= 15 is 0 Å². The fourth-order valence-corrected chi connectivity index (χ4v) is 3.87. The summed E-state index contributed by atoms with van der Waals surface area (Å²) < 4.78 is 31.6. The zero-order valence-electron chi connectivity index (χ0n) is 12.5. The number of nitrogens with zero attached hydrogens (tertiary/aromatic N) is 1. The highest BCUT2D eigenvalue weighted by atomic mass is 32.2. The molecule has 118 valence electrons. The maximum Gasteiger partial charge on any atom is 0.340 e. The molecule has 7 heteroatoms. The Balaban J connectivity index is 2.58. The van der Waals surface area contributed by atoms with Gasteiger partial charge in [0.1, 0.15) is 5.56 Å². The van der Waals surface area contributed by atoms with Gasteiger partial charge < -0.3 is 9.52 Å². The highest BCUT2D eigenvalue weighted by Gasteiger charge is 2.32. The second-order valence-electron chi connectivity index (χ2n) is 4.94. The first-order valence-electron chi connectivity index (χ1n) is 6.69. The summed E-state index contributed by atoms with van der Waals surface area (Å²) in [7, 11) is -4.08. The lowest BCUT2D eigenvalue weighted by molar-refractivity contribution is 0.0689. The Bertz CT molecular complexity index is 787. The van der Waals surface area contributed by atoms with Gasteiger partial charge in [-0.3, -0.25) is 4.31 Å². The largest absolute Gasteiger partial charge is 0.478 e. The van der Waals surface area contributed by atoms with Crippen LogP contribution in [0.2, 0.25) is 0 Å². The fraction of sp³-hybridized carbons (Fsp3) is 0.267. The molecule has 1 N–H and O–H groups in total. The first-order valence-corrected chi connectivity index (χ1v) is 8.13. The maximum absolute atomic E-state index is 12.7. The second-order valence-corrected chi connectivity index (χ2v) is 6.70. The molecule has 0 aliphatic rings. The lowest BCUT2D eigenvalue weighted by Crippen LogP contribution is -2.31. The minimum absolute atomic E-state index is 0.158. The Labute approximate surface area is 129 Å². The number of rotatable bonds is 5. The predicted octanol–water partition coefficient (Wildman–Crippen LogP) is 2.81. The standard InChI is InChI=1S/C15H17NO5S/c1-4-16(12-8-10(2)7-11(3)9-12)22(19,20)15-13(14(17)18)5-6-21-15/h5-9H,4H2,1-3H3,(H,17,18). The van der Waals surface area contributed by atoms with Crippen LogP contribution in [0.15, 0.2) is 40.0 Å². The van der Waals surface area contributed by atoms with Crippen LogP contribution in [-0.4, -0.2) is 26.0 Å². The van der Waals surface area contributed by atoms with E-state index in [1.807, 2.05) is 19.9 Å². The third-order valence-electron chi connectivity index (χ3n) is 3.17. The van der Waals surface area contributed by atoms with Crippen LogP contribution >= 0.6 is 0 Å². The molecule has 2 rings (SSSR count). The lowest BCUT2D eigenvalue weighted by Gasteiger charge is -2.22. The molecule has 0 atom stereocenters. The molecular weight excluding hydrogens is 306 g/mol. The smallest absolute Gasteiger partial charge is 0.340 e. The van der Waals surface area contributed by atoms with Crippen LogP contribution in [-0.2, 0) is 10.0 Å². The average molecular weight is 323 g/mol. The molecule has 0 saturated carbocycles. The van der Waals surface area contributed by atoms with Gasteiger partial charge >= 0.3 is 5.97 Å². The number of aryl methyl sites for hydroxylation is 2. The van der Waals surface area contributed by atoms with Crippen LogP contribution in [0.4, 0.5) is 5.69 Å². The Morgan fingerprint density at radius 2 is 1.82 bits per heavy atom. The number of anilines is 1. The Kier molecular flexibility index (Phi) is 4.27. The minimum Gasteiger partial charge on any atom is -0.478 e. The summed E-state index contributed by atoms with van der Waals surface area (Å²) in [5.74, 6) is -1.34. The Morgan fingerprint density at radius 3 is 2.32 bits per heavy atom. The summed E-state index contributed by atoms with van der Waals surface area (Å²) in [6, 6.07) is 6.53. The van der Waals surface area contributed by atoms with E-state index in [4.69, 9.17) is 9.52 Å². The number of aromatic carboxylic acids is 1. The van der Waals surface area contributed by atoms with Crippen molar-refractivity contribution < 1.29 is 22.7 Å². The molecule has 1 heterocycles. The predicted molar refractivity (Wildman–Crippen MR) is 81.8 cm³/mol. The summed E-state index contributed by atoms with van der Waals surface area (Å²) in [6.07, 6.45) is 1.06. The van der Waals surface area contributed by atoms with E-state index in [9.17, 15) is 13.2 Å². The van der Waals surface area contributed by atoms with E-state index in [2.05, 4.69) is 0 Å². The minimum atomic E-state index is -4.08. The molecular formula is C15H17NO5S. The van der Waals surface area contributed by atoms with Gasteiger partial charge in [-0.15, -0.1) is 0 Å². The van der Waals surface area contributed by atoms with E-state index in [1.165, 1.54) is 0 Å². The van der Waals surface area contributed by atoms with Gasteiger partial charge in [0, 0.05) is 6.54 Å². The normalized spacial score (nSPS) is 11.4. The van der Waals surface area contributed by atoms with E-state index in [-0.39, 0.29) is 12.1 Å². The molecule has 1 aromatic heterocycles. The molecule has 0 radical (unpaired) electrons. The molecule has 0 amide bonds. The molecule has 0 bridgehead atoms. The van der Waals surface area contributed by atoms with Crippen LogP contribution in [0, 0.1) is 13.8 Å². The Morgan fingerprint density at radius 1 is 1.23 bits per heavy atom. The molecule has 0 aliphatic heterocycles. The van der Waals surface area contributed by atoms with Gasteiger partial charge in [0.15, 0.2) is 0 Å². The highest BCUT2D eigenvalue weighted by molar-refractivity contribution is 7.92. The van der Waals surface area contributed by atoms with Crippen molar-refractivity contribution in [1.29, 1.82) is 0 Å². The summed E-state index contributed by atoms with van der Waals surface area (Å²) in [6.45, 7) is 5.57. The first kappa shape index (κ1) is 16.1. The summed E-state index contributed by atoms with van der Waals surface area (Å²) in [5.41, 5.74) is 1.94. The van der Waals surface area contributed by atoms with Gasteiger partial charge in [-0.1, -0.05) is 6.07 Å². The molecule has 0 unspecified atom stereocenters. The van der Waals surface area contributed by atoms with E-state index in [1.54, 1.807) is 19.1 Å². The zero-order valence-corrected chi connectivity index (χ0v) is 13.3. The van der Waals surface area contributed by atoms with Gasteiger partial charge in [-0.2, -0.15) is 8.42 Å². The quantitative estimate of drug-likeness (QED) is 0.914. The molecule has 0 saturated heterocycles. The number of sulfonamides is 1. The topological polar surface area (TPSA) is 87.8 Å². The van der Waals surface area contributed by atoms with Crippen LogP contribution in [0.5, 0.6) is 0 Å². The number of carboxylic acids is 1. The second kappa shape index (κ2) is 5.84. The van der Waals surface area contributed by atoms with Crippen molar-refractivity contribution in [1.82, 2.24) is 0 Å². The van der Waals surface area contributed by atoms with Crippen molar-refractivity contribution in [3.8, 4) is 0 Å². The van der Waals surface area contributed by atoms with Gasteiger partial charge in [0.2, 0.25) is 0 Å². The van der Waals surface area contributed by atoms with Crippen molar-refractivity contribution in [3.05, 3.63) is 47.2 Å². The Hall–Kier alpha value is -2.28. The van der Waals surface area contributed by atoms with Gasteiger partial charge in [-0.25, -0.2) is 4.79 Å². The zero-order chi connectivity index (χ0) is 16.5. The van der Waals surface area contributed by atoms with Gasteiger partial charge in [0.25, 0.3) is 15.1 Å². The van der Waals surface area contributed by atoms with Gasteiger partial charge in [0.05, 0.1) is 12.0 Å². The number of carboxylic acid groups (broad SMARTS) is 1. The van der Waals surface area contributed by atoms with Crippen molar-refractivity contribution in [2.24, 2.45) is 0 Å². The summed E-state index contributed by atoms with van der Waals surface area (Å²) >= 11 is 0. The SMILES string of the molecule is CCN(c1cc(C)cc(C)c1)S(=O)(=O)c1occc1C(=O)O. The van der Waals surface area contributed by atoms with Crippen LogP contribution in [0.3, 0.4) is 0 Å². The van der Waals surface area contributed by atoms with Crippen LogP contribution in [0.1, 0.15) is 28.4 Å². The fourth-order valence-electron chi connectivity index (χ4n) is 2.34.